The molecule has 130 valence electrons. The highest BCUT2D eigenvalue weighted by Gasteiger charge is 2.16. The van der Waals surface area contributed by atoms with E-state index in [4.69, 9.17) is 0 Å². The van der Waals surface area contributed by atoms with Crippen LogP contribution in [0.15, 0.2) is 36.5 Å². The highest BCUT2D eigenvalue weighted by molar-refractivity contribution is 6.04. The molecular formula is C17H19N5O3. The molecule has 0 spiro atoms. The van der Waals surface area contributed by atoms with Crippen molar-refractivity contribution in [3.8, 4) is 0 Å². The average Bonchev–Trinajstić information content (AvgIpc) is 2.63. The predicted molar refractivity (Wildman–Crippen MR) is 95.1 cm³/mol. The highest BCUT2D eigenvalue weighted by atomic mass is 16.6. The van der Waals surface area contributed by atoms with Gasteiger partial charge < -0.3 is 15.5 Å². The van der Waals surface area contributed by atoms with Crippen molar-refractivity contribution in [2.75, 3.05) is 36.4 Å². The summed E-state index contributed by atoms with van der Waals surface area (Å²) in [4.78, 5) is 29.3. The number of carbonyl (C=O) groups is 1. The van der Waals surface area contributed by atoms with Crippen molar-refractivity contribution in [3.05, 3.63) is 57.8 Å². The van der Waals surface area contributed by atoms with Gasteiger partial charge in [-0.2, -0.15) is 0 Å². The molecule has 1 aliphatic rings. The van der Waals surface area contributed by atoms with Gasteiger partial charge in [-0.25, -0.2) is 4.98 Å². The van der Waals surface area contributed by atoms with E-state index < -0.39 is 10.8 Å². The van der Waals surface area contributed by atoms with Crippen molar-refractivity contribution in [1.29, 1.82) is 0 Å². The number of piperazine rings is 1. The van der Waals surface area contributed by atoms with E-state index in [0.717, 1.165) is 31.9 Å². The highest BCUT2D eigenvalue weighted by Crippen LogP contribution is 2.20. The maximum Gasteiger partial charge on any atom is 0.273 e. The number of aromatic nitrogens is 1. The van der Waals surface area contributed by atoms with Crippen LogP contribution in [0, 0.1) is 17.0 Å². The first-order chi connectivity index (χ1) is 12.0. The quantitative estimate of drug-likeness (QED) is 0.651. The molecule has 2 heterocycles. The number of nitro benzene ring substituents is 1. The van der Waals surface area contributed by atoms with Crippen molar-refractivity contribution < 1.29 is 9.72 Å². The Hall–Kier alpha value is -3.00. The average molecular weight is 341 g/mol. The molecule has 2 N–H and O–H groups in total. The molecule has 2 aromatic rings. The van der Waals surface area contributed by atoms with E-state index in [1.165, 1.54) is 6.07 Å². The molecule has 0 bridgehead atoms. The molecule has 8 nitrogen and oxygen atoms in total. The number of carbonyl (C=O) groups excluding carboxylic acids is 1. The maximum atomic E-state index is 12.3. The van der Waals surface area contributed by atoms with Crippen LogP contribution in [0.3, 0.4) is 0 Å². The lowest BCUT2D eigenvalue weighted by Gasteiger charge is -2.29. The fraction of sp³-hybridized carbons (Fsp3) is 0.294. The van der Waals surface area contributed by atoms with Crippen molar-refractivity contribution in [3.63, 3.8) is 0 Å². The Morgan fingerprint density at radius 3 is 2.68 bits per heavy atom. The Balaban J connectivity index is 1.70. The summed E-state index contributed by atoms with van der Waals surface area (Å²) in [7, 11) is 0. The second-order valence-corrected chi connectivity index (χ2v) is 5.85. The third-order valence-corrected chi connectivity index (χ3v) is 4.14. The molecule has 1 aromatic carbocycles. The van der Waals surface area contributed by atoms with Crippen LogP contribution in [0.2, 0.25) is 0 Å². The number of aryl methyl sites for hydroxylation is 1. The fourth-order valence-corrected chi connectivity index (χ4v) is 2.71. The van der Waals surface area contributed by atoms with Crippen LogP contribution in [0.4, 0.5) is 17.2 Å². The Morgan fingerprint density at radius 1 is 1.28 bits per heavy atom. The van der Waals surface area contributed by atoms with Crippen molar-refractivity contribution in [1.82, 2.24) is 10.3 Å². The van der Waals surface area contributed by atoms with Crippen LogP contribution in [0.25, 0.3) is 0 Å². The van der Waals surface area contributed by atoms with Crippen LogP contribution in [0.1, 0.15) is 15.9 Å². The number of hydrogen-bond acceptors (Lipinski definition) is 6. The molecule has 1 fully saturated rings. The lowest BCUT2D eigenvalue weighted by molar-refractivity contribution is -0.385. The van der Waals surface area contributed by atoms with Crippen LogP contribution in [-0.2, 0) is 0 Å². The van der Waals surface area contributed by atoms with E-state index >= 15 is 0 Å². The zero-order valence-corrected chi connectivity index (χ0v) is 13.9. The molecule has 0 radical (unpaired) electrons. The summed E-state index contributed by atoms with van der Waals surface area (Å²) in [5.74, 6) is -0.0161. The van der Waals surface area contributed by atoms with E-state index in [0.29, 0.717) is 11.4 Å². The predicted octanol–water partition coefficient (Wildman–Crippen LogP) is 1.96. The summed E-state index contributed by atoms with van der Waals surface area (Å²) in [5.41, 5.74) is 1.67. The summed E-state index contributed by atoms with van der Waals surface area (Å²) in [6.45, 7) is 5.34. The Bertz CT molecular complexity index is 785. The number of benzene rings is 1. The van der Waals surface area contributed by atoms with Crippen LogP contribution in [0.5, 0.6) is 0 Å². The molecule has 3 rings (SSSR count). The second-order valence-electron chi connectivity index (χ2n) is 5.85. The minimum Gasteiger partial charge on any atom is -0.368 e. The van der Waals surface area contributed by atoms with Crippen molar-refractivity contribution >= 4 is 23.1 Å². The van der Waals surface area contributed by atoms with Crippen LogP contribution < -0.4 is 15.5 Å². The van der Waals surface area contributed by atoms with E-state index in [-0.39, 0.29) is 11.3 Å². The summed E-state index contributed by atoms with van der Waals surface area (Å²) in [6, 6.07) is 8.05. The molecule has 0 unspecified atom stereocenters. The second kappa shape index (κ2) is 7.27. The fourth-order valence-electron chi connectivity index (χ4n) is 2.71. The van der Waals surface area contributed by atoms with E-state index in [1.807, 2.05) is 6.07 Å². The van der Waals surface area contributed by atoms with E-state index in [2.05, 4.69) is 20.5 Å². The molecule has 1 aliphatic heterocycles. The molecule has 1 amide bonds. The Kier molecular flexibility index (Phi) is 4.90. The number of hydrogen-bond donors (Lipinski definition) is 2. The van der Waals surface area contributed by atoms with Gasteiger partial charge in [0.05, 0.1) is 16.8 Å². The zero-order chi connectivity index (χ0) is 17.8. The van der Waals surface area contributed by atoms with Gasteiger partial charge in [0.15, 0.2) is 0 Å². The number of nitrogens with zero attached hydrogens (tertiary/aromatic N) is 3. The van der Waals surface area contributed by atoms with Crippen LogP contribution in [-0.4, -0.2) is 42.0 Å². The number of rotatable bonds is 4. The summed E-state index contributed by atoms with van der Waals surface area (Å²) in [6.07, 6.45) is 1.72. The van der Waals surface area contributed by atoms with Gasteiger partial charge in [-0.3, -0.25) is 14.9 Å². The van der Waals surface area contributed by atoms with Gasteiger partial charge in [0, 0.05) is 43.4 Å². The van der Waals surface area contributed by atoms with Gasteiger partial charge in [-0.15, -0.1) is 0 Å². The van der Waals surface area contributed by atoms with Gasteiger partial charge in [0.1, 0.15) is 5.82 Å². The normalized spacial score (nSPS) is 14.2. The van der Waals surface area contributed by atoms with Gasteiger partial charge in [-0.1, -0.05) is 6.07 Å². The monoisotopic (exact) mass is 341 g/mol. The van der Waals surface area contributed by atoms with Crippen molar-refractivity contribution in [2.45, 2.75) is 6.92 Å². The molecule has 8 heteroatoms. The first kappa shape index (κ1) is 16.8. The van der Waals surface area contributed by atoms with E-state index in [1.54, 1.807) is 31.3 Å². The molecular weight excluding hydrogens is 322 g/mol. The van der Waals surface area contributed by atoms with Crippen LogP contribution >= 0.6 is 0 Å². The van der Waals surface area contributed by atoms with Gasteiger partial charge in [0.2, 0.25) is 0 Å². The molecule has 25 heavy (non-hydrogen) atoms. The first-order valence-corrected chi connectivity index (χ1v) is 8.03. The molecule has 1 saturated heterocycles. The van der Waals surface area contributed by atoms with Crippen molar-refractivity contribution in [2.24, 2.45) is 0 Å². The summed E-state index contributed by atoms with van der Waals surface area (Å²) in [5, 5.41) is 17.0. The van der Waals surface area contributed by atoms with Gasteiger partial charge >= 0.3 is 0 Å². The van der Waals surface area contributed by atoms with E-state index in [9.17, 15) is 14.9 Å². The number of pyridine rings is 1. The topological polar surface area (TPSA) is 100 Å². The smallest absolute Gasteiger partial charge is 0.273 e. The Morgan fingerprint density at radius 2 is 2.04 bits per heavy atom. The first-order valence-electron chi connectivity index (χ1n) is 8.03. The lowest BCUT2D eigenvalue weighted by atomic mass is 10.1. The minimum atomic E-state index is -0.493. The molecule has 1 aromatic heterocycles. The summed E-state index contributed by atoms with van der Waals surface area (Å²) < 4.78 is 0. The van der Waals surface area contributed by atoms with Gasteiger partial charge in [0.25, 0.3) is 11.6 Å². The number of nitro groups is 1. The third-order valence-electron chi connectivity index (χ3n) is 4.14. The molecule has 0 aliphatic carbocycles. The SMILES string of the molecule is Cc1ccc(C(=O)Nc2ccc(N3CCNCC3)cn2)cc1[N+](=O)[O-]. The largest absolute Gasteiger partial charge is 0.368 e. The summed E-state index contributed by atoms with van der Waals surface area (Å²) >= 11 is 0. The minimum absolute atomic E-state index is 0.0744. The molecule has 0 saturated carbocycles. The third kappa shape index (κ3) is 3.92. The molecule has 0 atom stereocenters. The number of nitrogens with one attached hydrogen (secondary N) is 2. The lowest BCUT2D eigenvalue weighted by Crippen LogP contribution is -2.43. The standard InChI is InChI=1S/C17H19N5O3/c1-12-2-3-13(10-15(12)22(24)25)17(23)20-16-5-4-14(11-19-16)21-8-6-18-7-9-21/h2-5,10-11,18H,6-9H2,1H3,(H,19,20,23). The Labute approximate surface area is 145 Å². The number of amides is 1. The number of anilines is 2. The zero-order valence-electron chi connectivity index (χ0n) is 13.9. The van der Waals surface area contributed by atoms with Gasteiger partial charge in [-0.05, 0) is 25.1 Å². The maximum absolute atomic E-state index is 12.3.